The molecular formula is C14H23NO. The van der Waals surface area contributed by atoms with Gasteiger partial charge in [-0.1, -0.05) is 33.1 Å². The summed E-state index contributed by atoms with van der Waals surface area (Å²) < 4.78 is 0. The van der Waals surface area contributed by atoms with Crippen molar-refractivity contribution in [2.24, 2.45) is 17.3 Å². The summed E-state index contributed by atoms with van der Waals surface area (Å²) in [5, 5.41) is 3.34. The Morgan fingerprint density at radius 2 is 1.75 bits per heavy atom. The van der Waals surface area contributed by atoms with Crippen molar-refractivity contribution in [1.82, 2.24) is 5.32 Å². The third-order valence-electron chi connectivity index (χ3n) is 5.32. The van der Waals surface area contributed by atoms with E-state index in [4.69, 9.17) is 0 Å². The number of hydrogen-bond donors (Lipinski definition) is 1. The molecule has 2 unspecified atom stereocenters. The zero-order valence-corrected chi connectivity index (χ0v) is 10.5. The molecule has 1 spiro atoms. The van der Waals surface area contributed by atoms with E-state index in [-0.39, 0.29) is 5.54 Å². The summed E-state index contributed by atoms with van der Waals surface area (Å²) in [4.78, 5) is 11.8. The second-order valence-electron chi connectivity index (χ2n) is 6.87. The van der Waals surface area contributed by atoms with Gasteiger partial charge in [0.05, 0.1) is 0 Å². The molecule has 2 heteroatoms. The minimum Gasteiger partial charge on any atom is -0.350 e. The molecule has 1 N–H and O–H groups in total. The van der Waals surface area contributed by atoms with Gasteiger partial charge in [0.25, 0.3) is 0 Å². The molecule has 16 heavy (non-hydrogen) atoms. The van der Waals surface area contributed by atoms with Crippen LogP contribution in [0.3, 0.4) is 0 Å². The molecule has 3 fully saturated rings. The standard InChI is InChI=1S/C14H23NO/c1-13(2)9-11(13)10-8-12(16)15-14(10)6-4-3-5-7-14/h10-11H,3-9H2,1-2H3,(H,15,16). The molecule has 0 aromatic carbocycles. The predicted octanol–water partition coefficient (Wildman–Crippen LogP) is 2.87. The molecule has 0 aromatic rings. The summed E-state index contributed by atoms with van der Waals surface area (Å²) >= 11 is 0. The van der Waals surface area contributed by atoms with Crippen molar-refractivity contribution in [3.63, 3.8) is 0 Å². The first-order valence-electron chi connectivity index (χ1n) is 6.85. The normalized spacial score (nSPS) is 39.8. The van der Waals surface area contributed by atoms with Gasteiger partial charge >= 0.3 is 0 Å². The number of carbonyl (C=O) groups excluding carboxylic acids is 1. The Hall–Kier alpha value is -0.530. The highest BCUT2D eigenvalue weighted by Gasteiger charge is 2.59. The molecule has 90 valence electrons. The van der Waals surface area contributed by atoms with Crippen molar-refractivity contribution in [3.05, 3.63) is 0 Å². The Morgan fingerprint density at radius 1 is 1.12 bits per heavy atom. The summed E-state index contributed by atoms with van der Waals surface area (Å²) in [6.07, 6.45) is 8.57. The zero-order valence-electron chi connectivity index (χ0n) is 10.5. The highest BCUT2D eigenvalue weighted by Crippen LogP contribution is 2.61. The van der Waals surface area contributed by atoms with E-state index in [1.165, 1.54) is 38.5 Å². The molecule has 1 amide bonds. The lowest BCUT2D eigenvalue weighted by atomic mass is 9.71. The van der Waals surface area contributed by atoms with Crippen molar-refractivity contribution in [3.8, 4) is 0 Å². The topological polar surface area (TPSA) is 29.1 Å². The van der Waals surface area contributed by atoms with E-state index < -0.39 is 0 Å². The second kappa shape index (κ2) is 3.24. The van der Waals surface area contributed by atoms with Crippen LogP contribution in [-0.2, 0) is 4.79 Å². The van der Waals surface area contributed by atoms with Crippen LogP contribution >= 0.6 is 0 Å². The van der Waals surface area contributed by atoms with Gasteiger partial charge < -0.3 is 5.32 Å². The maximum Gasteiger partial charge on any atom is 0.220 e. The van der Waals surface area contributed by atoms with E-state index >= 15 is 0 Å². The average Bonchev–Trinajstić information content (AvgIpc) is 2.73. The highest BCUT2D eigenvalue weighted by molar-refractivity contribution is 5.80. The van der Waals surface area contributed by atoms with E-state index in [2.05, 4.69) is 19.2 Å². The minimum absolute atomic E-state index is 0.202. The molecule has 1 heterocycles. The van der Waals surface area contributed by atoms with Crippen LogP contribution in [0.15, 0.2) is 0 Å². The van der Waals surface area contributed by atoms with Crippen LogP contribution in [0.1, 0.15) is 58.8 Å². The molecule has 1 aliphatic heterocycles. The van der Waals surface area contributed by atoms with Crippen molar-refractivity contribution in [2.75, 3.05) is 0 Å². The molecule has 2 nitrogen and oxygen atoms in total. The van der Waals surface area contributed by atoms with Gasteiger partial charge in [-0.15, -0.1) is 0 Å². The van der Waals surface area contributed by atoms with Gasteiger partial charge in [-0.05, 0) is 36.5 Å². The van der Waals surface area contributed by atoms with Crippen LogP contribution < -0.4 is 5.32 Å². The average molecular weight is 221 g/mol. The quantitative estimate of drug-likeness (QED) is 0.725. The van der Waals surface area contributed by atoms with Gasteiger partial charge in [-0.3, -0.25) is 4.79 Å². The van der Waals surface area contributed by atoms with Gasteiger partial charge in [-0.25, -0.2) is 0 Å². The van der Waals surface area contributed by atoms with Crippen LogP contribution in [0.4, 0.5) is 0 Å². The van der Waals surface area contributed by atoms with Crippen LogP contribution in [0.25, 0.3) is 0 Å². The van der Waals surface area contributed by atoms with E-state index in [1.807, 2.05) is 0 Å². The molecule has 0 aromatic heterocycles. The summed E-state index contributed by atoms with van der Waals surface area (Å²) in [5.41, 5.74) is 0.704. The first-order chi connectivity index (χ1) is 7.54. The Kier molecular flexibility index (Phi) is 2.15. The Labute approximate surface area is 98.2 Å². The molecule has 1 saturated heterocycles. The van der Waals surface area contributed by atoms with E-state index in [0.717, 1.165) is 12.3 Å². The van der Waals surface area contributed by atoms with Crippen molar-refractivity contribution in [1.29, 1.82) is 0 Å². The Balaban J connectivity index is 1.82. The Morgan fingerprint density at radius 3 is 2.31 bits per heavy atom. The van der Waals surface area contributed by atoms with Gasteiger partial charge in [0, 0.05) is 12.0 Å². The largest absolute Gasteiger partial charge is 0.350 e. The molecule has 2 saturated carbocycles. The fourth-order valence-corrected chi connectivity index (χ4v) is 4.22. The van der Waals surface area contributed by atoms with Crippen LogP contribution in [0.2, 0.25) is 0 Å². The smallest absolute Gasteiger partial charge is 0.220 e. The number of amides is 1. The van der Waals surface area contributed by atoms with Crippen molar-refractivity contribution in [2.45, 2.75) is 64.3 Å². The van der Waals surface area contributed by atoms with Crippen LogP contribution in [-0.4, -0.2) is 11.4 Å². The second-order valence-corrected chi connectivity index (χ2v) is 6.87. The lowest BCUT2D eigenvalue weighted by Gasteiger charge is -2.39. The predicted molar refractivity (Wildman–Crippen MR) is 64.0 cm³/mol. The van der Waals surface area contributed by atoms with E-state index in [0.29, 0.717) is 17.2 Å². The fraction of sp³-hybridized carbons (Fsp3) is 0.929. The monoisotopic (exact) mass is 221 g/mol. The third-order valence-corrected chi connectivity index (χ3v) is 5.32. The van der Waals surface area contributed by atoms with Gasteiger partial charge in [-0.2, -0.15) is 0 Å². The molecule has 3 aliphatic rings. The molecule has 2 atom stereocenters. The molecule has 2 aliphatic carbocycles. The summed E-state index contributed by atoms with van der Waals surface area (Å²) in [6.45, 7) is 4.72. The summed E-state index contributed by atoms with van der Waals surface area (Å²) in [5.74, 6) is 1.74. The SMILES string of the molecule is CC1(C)CC1C1CC(=O)NC12CCCCC2. The van der Waals surface area contributed by atoms with E-state index in [9.17, 15) is 4.79 Å². The fourth-order valence-electron chi connectivity index (χ4n) is 4.22. The molecule has 0 bridgehead atoms. The maximum absolute atomic E-state index is 11.8. The van der Waals surface area contributed by atoms with Crippen LogP contribution in [0, 0.1) is 17.3 Å². The summed E-state index contributed by atoms with van der Waals surface area (Å²) in [7, 11) is 0. The van der Waals surface area contributed by atoms with Crippen molar-refractivity contribution >= 4 is 5.91 Å². The Bertz CT molecular complexity index is 315. The lowest BCUT2D eigenvalue weighted by molar-refractivity contribution is -0.120. The molecular weight excluding hydrogens is 198 g/mol. The minimum atomic E-state index is 0.202. The molecule has 3 rings (SSSR count). The van der Waals surface area contributed by atoms with Crippen molar-refractivity contribution < 1.29 is 4.79 Å². The lowest BCUT2D eigenvalue weighted by Crippen LogP contribution is -2.48. The number of nitrogens with one attached hydrogen (secondary N) is 1. The van der Waals surface area contributed by atoms with Gasteiger partial charge in [0.1, 0.15) is 0 Å². The zero-order chi connectivity index (χ0) is 11.4. The first-order valence-corrected chi connectivity index (χ1v) is 6.85. The van der Waals surface area contributed by atoms with Gasteiger partial charge in [0.15, 0.2) is 0 Å². The maximum atomic E-state index is 11.8. The highest BCUT2D eigenvalue weighted by atomic mass is 16.2. The number of carbonyl (C=O) groups is 1. The molecule has 0 radical (unpaired) electrons. The van der Waals surface area contributed by atoms with Crippen LogP contribution in [0.5, 0.6) is 0 Å². The van der Waals surface area contributed by atoms with E-state index in [1.54, 1.807) is 0 Å². The third kappa shape index (κ3) is 1.49. The van der Waals surface area contributed by atoms with Gasteiger partial charge in [0.2, 0.25) is 5.91 Å². The first kappa shape index (κ1) is 10.6. The summed E-state index contributed by atoms with van der Waals surface area (Å²) in [6, 6.07) is 0. The number of rotatable bonds is 1. The number of hydrogen-bond acceptors (Lipinski definition) is 1.